The van der Waals surface area contributed by atoms with Gasteiger partial charge in [0.2, 0.25) is 0 Å². The van der Waals surface area contributed by atoms with E-state index >= 15 is 0 Å². The number of ether oxygens (including phenoxy) is 1. The summed E-state index contributed by atoms with van der Waals surface area (Å²) in [6.07, 6.45) is 6.37. The van der Waals surface area contributed by atoms with Gasteiger partial charge in [-0.2, -0.15) is 0 Å². The molecule has 0 aliphatic carbocycles. The monoisotopic (exact) mass is 354 g/mol. The Morgan fingerprint density at radius 3 is 3.00 bits per heavy atom. The van der Waals surface area contributed by atoms with Crippen molar-refractivity contribution in [1.29, 1.82) is 0 Å². The number of rotatable bonds is 6. The average molecular weight is 354 g/mol. The highest BCUT2D eigenvalue weighted by Crippen LogP contribution is 2.24. The first-order valence-electron chi connectivity index (χ1n) is 9.06. The molecule has 1 saturated heterocycles. The molecule has 0 saturated carbocycles. The Morgan fingerprint density at radius 2 is 2.19 bits per heavy atom. The largest absolute Gasteiger partial charge is 0.380 e. The lowest BCUT2D eigenvalue weighted by molar-refractivity contribution is 0.0672. The van der Waals surface area contributed by atoms with Crippen LogP contribution in [0.2, 0.25) is 0 Å². The molecule has 2 heterocycles. The fraction of sp³-hybridized carbons (Fsp3) is 0.450. The van der Waals surface area contributed by atoms with Crippen LogP contribution in [-0.2, 0) is 17.8 Å². The van der Waals surface area contributed by atoms with E-state index in [0.29, 0.717) is 12.5 Å². The Bertz CT molecular complexity index is 750. The standard InChI is InChI=1S/C20H26N4O2/c1-21-19-18(22-8-9-23-19)12-15-6-4-10-24(13-15)20(25)17-7-3-5-16(11-17)14-26-2/h3,5,7-9,11,15H,4,6,10,12-14H2,1-2H3,(H,21,23). The number of hydrogen-bond acceptors (Lipinski definition) is 5. The van der Waals surface area contributed by atoms with Crippen LogP contribution in [0, 0.1) is 5.92 Å². The fourth-order valence-corrected chi connectivity index (χ4v) is 3.56. The minimum atomic E-state index is 0.0978. The van der Waals surface area contributed by atoms with Gasteiger partial charge in [-0.3, -0.25) is 9.78 Å². The first-order valence-corrected chi connectivity index (χ1v) is 9.06. The molecule has 1 atom stereocenters. The van der Waals surface area contributed by atoms with Crippen molar-refractivity contribution in [3.63, 3.8) is 0 Å². The zero-order chi connectivity index (χ0) is 18.4. The van der Waals surface area contributed by atoms with Gasteiger partial charge in [0, 0.05) is 45.2 Å². The van der Waals surface area contributed by atoms with E-state index in [1.165, 1.54) is 0 Å². The van der Waals surface area contributed by atoms with Gasteiger partial charge in [0.15, 0.2) is 0 Å². The summed E-state index contributed by atoms with van der Waals surface area (Å²) in [5.74, 6) is 1.32. The predicted octanol–water partition coefficient (Wildman–Crippen LogP) is 2.76. The molecule has 6 nitrogen and oxygen atoms in total. The number of amides is 1. The molecule has 1 aromatic heterocycles. The first-order chi connectivity index (χ1) is 12.7. The molecular weight excluding hydrogens is 328 g/mol. The third-order valence-corrected chi connectivity index (χ3v) is 4.78. The topological polar surface area (TPSA) is 67.4 Å². The summed E-state index contributed by atoms with van der Waals surface area (Å²) in [6.45, 7) is 2.08. The van der Waals surface area contributed by atoms with Crippen molar-refractivity contribution in [2.24, 2.45) is 5.92 Å². The number of benzene rings is 1. The SMILES string of the molecule is CNc1nccnc1CC1CCCN(C(=O)c2cccc(COC)c2)C1. The van der Waals surface area contributed by atoms with Crippen molar-refractivity contribution in [1.82, 2.24) is 14.9 Å². The third kappa shape index (κ3) is 4.38. The van der Waals surface area contributed by atoms with E-state index < -0.39 is 0 Å². The summed E-state index contributed by atoms with van der Waals surface area (Å²) >= 11 is 0. The van der Waals surface area contributed by atoms with Crippen LogP contribution >= 0.6 is 0 Å². The van der Waals surface area contributed by atoms with Gasteiger partial charge in [0.05, 0.1) is 12.3 Å². The average Bonchev–Trinajstić information content (AvgIpc) is 2.68. The second-order valence-corrected chi connectivity index (χ2v) is 6.70. The number of hydrogen-bond donors (Lipinski definition) is 1. The van der Waals surface area contributed by atoms with Crippen LogP contribution in [0.15, 0.2) is 36.7 Å². The first kappa shape index (κ1) is 18.3. The number of likely N-dealkylation sites (tertiary alicyclic amines) is 1. The lowest BCUT2D eigenvalue weighted by Crippen LogP contribution is -2.40. The van der Waals surface area contributed by atoms with Crippen molar-refractivity contribution in [3.05, 3.63) is 53.5 Å². The molecule has 0 spiro atoms. The Balaban J connectivity index is 1.68. The number of carbonyl (C=O) groups is 1. The van der Waals surface area contributed by atoms with Gasteiger partial charge < -0.3 is 15.0 Å². The summed E-state index contributed by atoms with van der Waals surface area (Å²) in [5, 5.41) is 3.10. The van der Waals surface area contributed by atoms with E-state index in [9.17, 15) is 4.79 Å². The Kier molecular flexibility index (Phi) is 6.17. The number of piperidine rings is 1. The molecule has 1 amide bonds. The van der Waals surface area contributed by atoms with Crippen LogP contribution in [0.3, 0.4) is 0 Å². The number of aromatic nitrogens is 2. The molecule has 1 unspecified atom stereocenters. The maximum atomic E-state index is 12.9. The highest BCUT2D eigenvalue weighted by Gasteiger charge is 2.25. The second kappa shape index (κ2) is 8.76. The van der Waals surface area contributed by atoms with E-state index in [1.54, 1.807) is 19.5 Å². The van der Waals surface area contributed by atoms with Gasteiger partial charge in [-0.05, 0) is 42.9 Å². The van der Waals surface area contributed by atoms with Crippen LogP contribution in [0.25, 0.3) is 0 Å². The molecule has 1 aromatic carbocycles. The molecule has 0 radical (unpaired) electrons. The van der Waals surface area contributed by atoms with Crippen molar-refractivity contribution in [2.45, 2.75) is 25.9 Å². The van der Waals surface area contributed by atoms with Gasteiger partial charge in [-0.25, -0.2) is 4.98 Å². The van der Waals surface area contributed by atoms with Gasteiger partial charge in [-0.15, -0.1) is 0 Å². The Hall–Kier alpha value is -2.47. The summed E-state index contributed by atoms with van der Waals surface area (Å²) in [4.78, 5) is 23.7. The Labute approximate surface area is 154 Å². The summed E-state index contributed by atoms with van der Waals surface area (Å²) in [6, 6.07) is 7.71. The predicted molar refractivity (Wildman–Crippen MR) is 101 cm³/mol. The molecule has 1 aliphatic heterocycles. The second-order valence-electron chi connectivity index (χ2n) is 6.70. The number of nitrogens with one attached hydrogen (secondary N) is 1. The maximum absolute atomic E-state index is 12.9. The highest BCUT2D eigenvalue weighted by atomic mass is 16.5. The molecule has 0 bridgehead atoms. The molecular formula is C20H26N4O2. The summed E-state index contributed by atoms with van der Waals surface area (Å²) in [5.41, 5.74) is 2.72. The van der Waals surface area contributed by atoms with Crippen molar-refractivity contribution < 1.29 is 9.53 Å². The molecule has 1 N–H and O–H groups in total. The van der Waals surface area contributed by atoms with E-state index in [2.05, 4.69) is 15.3 Å². The number of anilines is 1. The summed E-state index contributed by atoms with van der Waals surface area (Å²) in [7, 11) is 3.52. The minimum Gasteiger partial charge on any atom is -0.380 e. The molecule has 138 valence electrons. The Morgan fingerprint density at radius 1 is 1.35 bits per heavy atom. The van der Waals surface area contributed by atoms with Crippen LogP contribution in [0.1, 0.15) is 34.5 Å². The van der Waals surface area contributed by atoms with Crippen molar-refractivity contribution >= 4 is 11.7 Å². The van der Waals surface area contributed by atoms with Gasteiger partial charge in [0.25, 0.3) is 5.91 Å². The zero-order valence-corrected chi connectivity index (χ0v) is 15.4. The molecule has 1 fully saturated rings. The molecule has 6 heteroatoms. The van der Waals surface area contributed by atoms with Crippen LogP contribution in [-0.4, -0.2) is 48.0 Å². The summed E-state index contributed by atoms with van der Waals surface area (Å²) < 4.78 is 5.17. The highest BCUT2D eigenvalue weighted by molar-refractivity contribution is 5.94. The molecule has 2 aromatic rings. The van der Waals surface area contributed by atoms with Gasteiger partial charge in [0.1, 0.15) is 5.82 Å². The van der Waals surface area contributed by atoms with Crippen molar-refractivity contribution in [3.8, 4) is 0 Å². The smallest absolute Gasteiger partial charge is 0.253 e. The molecule has 26 heavy (non-hydrogen) atoms. The lowest BCUT2D eigenvalue weighted by Gasteiger charge is -2.33. The van der Waals surface area contributed by atoms with Gasteiger partial charge in [-0.1, -0.05) is 12.1 Å². The number of carbonyl (C=O) groups excluding carboxylic acids is 1. The van der Waals surface area contributed by atoms with Crippen molar-refractivity contribution in [2.75, 3.05) is 32.6 Å². The van der Waals surface area contributed by atoms with E-state index in [-0.39, 0.29) is 5.91 Å². The minimum absolute atomic E-state index is 0.0978. The van der Waals surface area contributed by atoms with E-state index in [1.807, 2.05) is 36.2 Å². The lowest BCUT2D eigenvalue weighted by atomic mass is 9.92. The maximum Gasteiger partial charge on any atom is 0.253 e. The van der Waals surface area contributed by atoms with E-state index in [0.717, 1.165) is 55.0 Å². The zero-order valence-electron chi connectivity index (χ0n) is 15.4. The quantitative estimate of drug-likeness (QED) is 0.864. The van der Waals surface area contributed by atoms with Crippen LogP contribution in [0.5, 0.6) is 0 Å². The van der Waals surface area contributed by atoms with E-state index in [4.69, 9.17) is 4.74 Å². The van der Waals surface area contributed by atoms with Crippen LogP contribution in [0.4, 0.5) is 5.82 Å². The normalized spacial score (nSPS) is 17.2. The fourth-order valence-electron chi connectivity index (χ4n) is 3.56. The molecule has 1 aliphatic rings. The van der Waals surface area contributed by atoms with Crippen LogP contribution < -0.4 is 5.32 Å². The third-order valence-electron chi connectivity index (χ3n) is 4.78. The molecule has 3 rings (SSSR count). The number of methoxy groups -OCH3 is 1. The van der Waals surface area contributed by atoms with Gasteiger partial charge >= 0.3 is 0 Å². The number of nitrogens with zero attached hydrogens (tertiary/aromatic N) is 3.